The number of hydrogen-bond acceptors (Lipinski definition) is 6. The van der Waals surface area contributed by atoms with Crippen LogP contribution >= 0.6 is 12.0 Å². The fraction of sp³-hybridized carbons (Fsp3) is 0.222. The molecule has 0 atom stereocenters. The van der Waals surface area contributed by atoms with Gasteiger partial charge in [0.25, 0.3) is 0 Å². The lowest BCUT2D eigenvalue weighted by atomic mass is 10.3. The minimum Gasteiger partial charge on any atom is -0.415 e. The van der Waals surface area contributed by atoms with Crippen molar-refractivity contribution >= 4 is 29.0 Å². The quantitative estimate of drug-likeness (QED) is 0.849. The molecule has 0 aliphatic rings. The standard InChI is InChI=1S/C9H7F3N4OS/c1-4-6(17-18-9(10,11)12)2-5-3-14-8(13)16-7(5)15-4/h2-3H,1H3,(H2,13,14,15,16). The number of nitrogen functional groups attached to an aromatic ring is 1. The summed E-state index contributed by atoms with van der Waals surface area (Å²) in [6.45, 7) is 1.52. The molecule has 18 heavy (non-hydrogen) atoms. The molecule has 96 valence electrons. The first-order valence-corrected chi connectivity index (χ1v) is 5.41. The lowest BCUT2D eigenvalue weighted by Gasteiger charge is -2.09. The Morgan fingerprint density at radius 3 is 2.72 bits per heavy atom. The summed E-state index contributed by atoms with van der Waals surface area (Å²) in [5.41, 5.74) is 1.51. The van der Waals surface area contributed by atoms with Gasteiger partial charge in [-0.15, -0.1) is 0 Å². The Bertz CT molecular complexity index is 590. The molecule has 9 heteroatoms. The van der Waals surface area contributed by atoms with Crippen LogP contribution in [0.5, 0.6) is 5.75 Å². The summed E-state index contributed by atoms with van der Waals surface area (Å²) in [4.78, 5) is 11.6. The Hall–Kier alpha value is -1.77. The second-order valence-corrected chi connectivity index (χ2v) is 4.12. The number of hydrogen-bond donors (Lipinski definition) is 1. The average molecular weight is 276 g/mol. The van der Waals surface area contributed by atoms with Gasteiger partial charge in [-0.1, -0.05) is 0 Å². The first-order valence-electron chi connectivity index (χ1n) is 4.67. The van der Waals surface area contributed by atoms with E-state index in [1.807, 2.05) is 0 Å². The smallest absolute Gasteiger partial charge is 0.415 e. The third-order valence-electron chi connectivity index (χ3n) is 1.96. The van der Waals surface area contributed by atoms with Crippen LogP contribution in [0.15, 0.2) is 12.3 Å². The van der Waals surface area contributed by atoms with Crippen LogP contribution in [-0.4, -0.2) is 20.5 Å². The Kier molecular flexibility index (Phi) is 3.16. The molecular formula is C9H7F3N4OS. The van der Waals surface area contributed by atoms with Gasteiger partial charge in [0, 0.05) is 11.6 Å². The highest BCUT2D eigenvalue weighted by Crippen LogP contribution is 2.34. The number of halogens is 3. The number of fused-ring (bicyclic) bond motifs is 1. The van der Waals surface area contributed by atoms with Gasteiger partial charge in [-0.2, -0.15) is 18.2 Å². The predicted octanol–water partition coefficient (Wildman–Crippen LogP) is 2.46. The largest absolute Gasteiger partial charge is 0.479 e. The number of nitrogens with zero attached hydrogens (tertiary/aromatic N) is 3. The van der Waals surface area contributed by atoms with Crippen molar-refractivity contribution in [3.05, 3.63) is 18.0 Å². The van der Waals surface area contributed by atoms with Gasteiger partial charge in [0.15, 0.2) is 23.4 Å². The Balaban J connectivity index is 2.34. The fourth-order valence-corrected chi connectivity index (χ4v) is 1.58. The number of aryl methyl sites for hydroxylation is 1. The highest BCUT2D eigenvalue weighted by molar-refractivity contribution is 7.95. The Labute approximate surface area is 104 Å². The van der Waals surface area contributed by atoms with Crippen molar-refractivity contribution in [2.75, 3.05) is 5.73 Å². The van der Waals surface area contributed by atoms with E-state index in [1.54, 1.807) is 0 Å². The van der Waals surface area contributed by atoms with Crippen LogP contribution < -0.4 is 9.92 Å². The van der Waals surface area contributed by atoms with E-state index in [0.29, 0.717) is 11.0 Å². The first-order chi connectivity index (χ1) is 8.35. The predicted molar refractivity (Wildman–Crippen MR) is 60.8 cm³/mol. The van der Waals surface area contributed by atoms with Crippen LogP contribution in [-0.2, 0) is 0 Å². The molecule has 0 aliphatic carbocycles. The van der Waals surface area contributed by atoms with Crippen molar-refractivity contribution in [2.45, 2.75) is 12.4 Å². The number of alkyl halides is 3. The number of aromatic nitrogens is 3. The van der Waals surface area contributed by atoms with Crippen molar-refractivity contribution in [1.82, 2.24) is 15.0 Å². The third-order valence-corrected chi connectivity index (χ3v) is 2.41. The Morgan fingerprint density at radius 1 is 1.33 bits per heavy atom. The molecule has 0 unspecified atom stereocenters. The van der Waals surface area contributed by atoms with Gasteiger partial charge < -0.3 is 9.92 Å². The van der Waals surface area contributed by atoms with Crippen LogP contribution in [0.25, 0.3) is 11.0 Å². The minimum absolute atomic E-state index is 0.0122. The molecule has 0 spiro atoms. The number of rotatable bonds is 2. The SMILES string of the molecule is Cc1nc2nc(N)ncc2cc1OSC(F)(F)F. The van der Waals surface area contributed by atoms with Gasteiger partial charge in [0.05, 0.1) is 5.69 Å². The zero-order chi connectivity index (χ0) is 13.3. The summed E-state index contributed by atoms with van der Waals surface area (Å²) in [7, 11) is 0. The van der Waals surface area contributed by atoms with E-state index in [2.05, 4.69) is 19.1 Å². The molecule has 0 aliphatic heterocycles. The highest BCUT2D eigenvalue weighted by Gasteiger charge is 2.31. The number of pyridine rings is 1. The van der Waals surface area contributed by atoms with Crippen LogP contribution in [0.3, 0.4) is 0 Å². The molecule has 2 rings (SSSR count). The molecule has 5 nitrogen and oxygen atoms in total. The van der Waals surface area contributed by atoms with Crippen molar-refractivity contribution in [1.29, 1.82) is 0 Å². The highest BCUT2D eigenvalue weighted by atomic mass is 32.2. The lowest BCUT2D eigenvalue weighted by molar-refractivity contribution is -0.0369. The monoisotopic (exact) mass is 276 g/mol. The molecule has 0 radical (unpaired) electrons. The van der Waals surface area contributed by atoms with Crippen molar-refractivity contribution in [2.24, 2.45) is 0 Å². The summed E-state index contributed by atoms with van der Waals surface area (Å²) in [5.74, 6) is 0.0610. The van der Waals surface area contributed by atoms with E-state index in [9.17, 15) is 13.2 Å². The van der Waals surface area contributed by atoms with Gasteiger partial charge in [-0.3, -0.25) is 0 Å². The maximum Gasteiger partial charge on any atom is 0.479 e. The lowest BCUT2D eigenvalue weighted by Crippen LogP contribution is -2.04. The average Bonchev–Trinajstić information content (AvgIpc) is 2.25. The molecule has 2 aromatic heterocycles. The Morgan fingerprint density at radius 2 is 2.06 bits per heavy atom. The maximum atomic E-state index is 12.0. The maximum absolute atomic E-state index is 12.0. The second-order valence-electron chi connectivity index (χ2n) is 3.33. The van der Waals surface area contributed by atoms with E-state index >= 15 is 0 Å². The minimum atomic E-state index is -4.47. The van der Waals surface area contributed by atoms with Crippen molar-refractivity contribution < 1.29 is 17.4 Å². The molecule has 2 heterocycles. The molecule has 2 N–H and O–H groups in total. The summed E-state index contributed by atoms with van der Waals surface area (Å²) in [6.07, 6.45) is 1.37. The van der Waals surface area contributed by atoms with Crippen LogP contribution in [0.4, 0.5) is 19.1 Å². The van der Waals surface area contributed by atoms with Gasteiger partial charge in [0.1, 0.15) is 0 Å². The normalized spacial score (nSPS) is 11.8. The van der Waals surface area contributed by atoms with Gasteiger partial charge in [-0.25, -0.2) is 9.97 Å². The number of nitrogens with two attached hydrogens (primary N) is 1. The zero-order valence-corrected chi connectivity index (χ0v) is 9.84. The molecule has 0 aromatic carbocycles. The third kappa shape index (κ3) is 2.92. The van der Waals surface area contributed by atoms with Crippen LogP contribution in [0, 0.1) is 6.92 Å². The molecule has 0 saturated carbocycles. The second kappa shape index (κ2) is 4.48. The first kappa shape index (κ1) is 12.7. The number of anilines is 1. The molecule has 0 amide bonds. The van der Waals surface area contributed by atoms with Crippen LogP contribution in [0.1, 0.15) is 5.69 Å². The summed E-state index contributed by atoms with van der Waals surface area (Å²) in [5, 5.41) is 0.451. The van der Waals surface area contributed by atoms with E-state index < -0.39 is 17.6 Å². The fourth-order valence-electron chi connectivity index (χ4n) is 1.22. The molecular weight excluding hydrogens is 269 g/mol. The van der Waals surface area contributed by atoms with Gasteiger partial charge >= 0.3 is 5.51 Å². The summed E-state index contributed by atoms with van der Waals surface area (Å²) >= 11 is -0.593. The zero-order valence-electron chi connectivity index (χ0n) is 9.02. The van der Waals surface area contributed by atoms with E-state index in [-0.39, 0.29) is 17.4 Å². The van der Waals surface area contributed by atoms with Gasteiger partial charge in [0.2, 0.25) is 5.95 Å². The molecule has 0 saturated heterocycles. The molecule has 0 fully saturated rings. The topological polar surface area (TPSA) is 73.9 Å². The van der Waals surface area contributed by atoms with Crippen molar-refractivity contribution in [3.63, 3.8) is 0 Å². The van der Waals surface area contributed by atoms with E-state index in [4.69, 9.17) is 5.73 Å². The molecule has 2 aromatic rings. The molecule has 0 bridgehead atoms. The summed E-state index contributed by atoms with van der Waals surface area (Å²) in [6, 6.07) is 1.38. The van der Waals surface area contributed by atoms with Crippen LogP contribution in [0.2, 0.25) is 0 Å². The summed E-state index contributed by atoms with van der Waals surface area (Å²) < 4.78 is 40.6. The van der Waals surface area contributed by atoms with Crippen molar-refractivity contribution in [3.8, 4) is 5.75 Å². The van der Waals surface area contributed by atoms with E-state index in [1.165, 1.54) is 19.2 Å². The van der Waals surface area contributed by atoms with Gasteiger partial charge in [-0.05, 0) is 13.0 Å². The van der Waals surface area contributed by atoms with E-state index in [0.717, 1.165) is 0 Å².